The number of hydrogen-bond acceptors (Lipinski definition) is 5. The summed E-state index contributed by atoms with van der Waals surface area (Å²) >= 11 is 5.84. The van der Waals surface area contributed by atoms with E-state index in [1.807, 2.05) is 30.3 Å². The van der Waals surface area contributed by atoms with Gasteiger partial charge in [-0.2, -0.15) is 0 Å². The first-order valence-corrected chi connectivity index (χ1v) is 9.54. The molecule has 0 fully saturated rings. The van der Waals surface area contributed by atoms with Crippen LogP contribution in [0.2, 0.25) is 5.02 Å². The molecule has 3 aromatic carbocycles. The highest BCUT2D eigenvalue weighted by Gasteiger charge is 2.18. The molecule has 2 N–H and O–H groups in total. The van der Waals surface area contributed by atoms with E-state index in [2.05, 4.69) is 10.9 Å². The molecule has 4 aromatic rings. The number of hydrogen-bond donors (Lipinski definition) is 2. The standard InChI is InChI=1S/C23H17ClN2O4/c24-16-10-12-17(13-11-16)25-26-20(27)14-29-23-21(28)18-8-4-5-9-19(18)30-22(23)15-6-2-1-3-7-15/h1-13,25H,14H2,(H,26,27). The van der Waals surface area contributed by atoms with E-state index in [1.165, 1.54) is 0 Å². The first-order valence-electron chi connectivity index (χ1n) is 9.16. The molecule has 0 spiro atoms. The fourth-order valence-electron chi connectivity index (χ4n) is 2.88. The van der Waals surface area contributed by atoms with Crippen molar-refractivity contribution in [2.45, 2.75) is 0 Å². The minimum Gasteiger partial charge on any atom is -0.476 e. The van der Waals surface area contributed by atoms with E-state index < -0.39 is 5.91 Å². The summed E-state index contributed by atoms with van der Waals surface area (Å²) in [5.74, 6) is -0.198. The van der Waals surface area contributed by atoms with Gasteiger partial charge >= 0.3 is 0 Å². The third-order valence-corrected chi connectivity index (χ3v) is 4.58. The van der Waals surface area contributed by atoms with Crippen LogP contribution in [-0.4, -0.2) is 12.5 Å². The first kappa shape index (κ1) is 19.5. The Bertz CT molecular complexity index is 1240. The molecular weight excluding hydrogens is 404 g/mol. The maximum Gasteiger partial charge on any atom is 0.276 e. The smallest absolute Gasteiger partial charge is 0.276 e. The number of ether oxygens (including phenoxy) is 1. The molecule has 0 saturated carbocycles. The van der Waals surface area contributed by atoms with Gasteiger partial charge in [0.25, 0.3) is 5.91 Å². The van der Waals surface area contributed by atoms with Gasteiger partial charge < -0.3 is 9.15 Å². The largest absolute Gasteiger partial charge is 0.476 e. The molecule has 150 valence electrons. The molecule has 0 aliphatic carbocycles. The minimum absolute atomic E-state index is 0.0125. The van der Waals surface area contributed by atoms with E-state index in [4.69, 9.17) is 20.8 Å². The maximum atomic E-state index is 13.0. The van der Waals surface area contributed by atoms with Crippen LogP contribution in [-0.2, 0) is 4.79 Å². The van der Waals surface area contributed by atoms with Gasteiger partial charge in [-0.3, -0.25) is 20.4 Å². The number of benzene rings is 3. The number of para-hydroxylation sites is 1. The third-order valence-electron chi connectivity index (χ3n) is 4.33. The highest BCUT2D eigenvalue weighted by atomic mass is 35.5. The second-order valence-corrected chi connectivity index (χ2v) is 6.86. The van der Waals surface area contributed by atoms with Gasteiger partial charge in [-0.15, -0.1) is 0 Å². The summed E-state index contributed by atoms with van der Waals surface area (Å²) < 4.78 is 11.6. The predicted octanol–water partition coefficient (Wildman–Crippen LogP) is 4.64. The molecule has 7 heteroatoms. The SMILES string of the molecule is O=C(COc1c(-c2ccccc2)oc2ccccc2c1=O)NNc1ccc(Cl)cc1. The van der Waals surface area contributed by atoms with Crippen LogP contribution in [0.15, 0.2) is 88.1 Å². The van der Waals surface area contributed by atoms with Crippen LogP contribution in [0.3, 0.4) is 0 Å². The molecule has 6 nitrogen and oxygen atoms in total. The number of carbonyl (C=O) groups is 1. The first-order chi connectivity index (χ1) is 14.6. The predicted molar refractivity (Wildman–Crippen MR) is 117 cm³/mol. The van der Waals surface area contributed by atoms with Gasteiger partial charge in [0.2, 0.25) is 11.2 Å². The summed E-state index contributed by atoms with van der Waals surface area (Å²) in [6.07, 6.45) is 0. The topological polar surface area (TPSA) is 80.6 Å². The van der Waals surface area contributed by atoms with E-state index in [0.717, 1.165) is 0 Å². The van der Waals surface area contributed by atoms with Crippen LogP contribution in [0.25, 0.3) is 22.3 Å². The summed E-state index contributed by atoms with van der Waals surface area (Å²) in [6, 6.07) is 22.9. The lowest BCUT2D eigenvalue weighted by molar-refractivity contribution is -0.122. The van der Waals surface area contributed by atoms with Gasteiger partial charge in [-0.25, -0.2) is 0 Å². The van der Waals surface area contributed by atoms with Crippen LogP contribution in [0.5, 0.6) is 5.75 Å². The van der Waals surface area contributed by atoms with E-state index in [9.17, 15) is 9.59 Å². The lowest BCUT2D eigenvalue weighted by Crippen LogP contribution is -2.34. The van der Waals surface area contributed by atoms with E-state index in [0.29, 0.717) is 27.2 Å². The Morgan fingerprint density at radius 2 is 1.63 bits per heavy atom. The normalized spacial score (nSPS) is 10.6. The van der Waals surface area contributed by atoms with Crippen LogP contribution in [0.1, 0.15) is 0 Å². The number of anilines is 1. The summed E-state index contributed by atoms with van der Waals surface area (Å²) in [6.45, 7) is -0.372. The maximum absolute atomic E-state index is 13.0. The van der Waals surface area contributed by atoms with E-state index in [1.54, 1.807) is 48.5 Å². The molecule has 1 heterocycles. The number of fused-ring (bicyclic) bond motifs is 1. The second-order valence-electron chi connectivity index (χ2n) is 6.42. The quantitative estimate of drug-likeness (QED) is 0.444. The van der Waals surface area contributed by atoms with E-state index >= 15 is 0 Å². The molecular formula is C23H17ClN2O4. The molecule has 30 heavy (non-hydrogen) atoms. The van der Waals surface area contributed by atoms with Crippen molar-refractivity contribution in [3.63, 3.8) is 0 Å². The van der Waals surface area contributed by atoms with Crippen molar-refractivity contribution in [1.29, 1.82) is 0 Å². The fourth-order valence-corrected chi connectivity index (χ4v) is 3.01. The van der Waals surface area contributed by atoms with Gasteiger partial charge in [-0.1, -0.05) is 54.1 Å². The molecule has 0 unspecified atom stereocenters. The van der Waals surface area contributed by atoms with Crippen molar-refractivity contribution in [1.82, 2.24) is 5.43 Å². The number of amides is 1. The summed E-state index contributed by atoms with van der Waals surface area (Å²) in [7, 11) is 0. The molecule has 0 aliphatic heterocycles. The summed E-state index contributed by atoms with van der Waals surface area (Å²) in [5.41, 5.74) is 6.71. The van der Waals surface area contributed by atoms with Crippen molar-refractivity contribution in [3.05, 3.63) is 94.1 Å². The molecule has 4 rings (SSSR count). The number of hydrazine groups is 1. The Balaban J connectivity index is 1.56. The minimum atomic E-state index is -0.462. The highest BCUT2D eigenvalue weighted by molar-refractivity contribution is 6.30. The third kappa shape index (κ3) is 4.29. The molecule has 0 bridgehead atoms. The fraction of sp³-hybridized carbons (Fsp3) is 0.0435. The molecule has 0 aliphatic rings. The highest BCUT2D eigenvalue weighted by Crippen LogP contribution is 2.30. The van der Waals surface area contributed by atoms with Crippen molar-refractivity contribution in [3.8, 4) is 17.1 Å². The van der Waals surface area contributed by atoms with Gasteiger partial charge in [0, 0.05) is 10.6 Å². The van der Waals surface area contributed by atoms with Crippen LogP contribution >= 0.6 is 11.6 Å². The average molecular weight is 421 g/mol. The number of carbonyl (C=O) groups excluding carboxylic acids is 1. The monoisotopic (exact) mass is 420 g/mol. The molecule has 0 saturated heterocycles. The van der Waals surface area contributed by atoms with Gasteiger partial charge in [0.15, 0.2) is 12.4 Å². The number of halogens is 1. The van der Waals surface area contributed by atoms with Crippen molar-refractivity contribution >= 4 is 34.2 Å². The van der Waals surface area contributed by atoms with Crippen molar-refractivity contribution in [2.24, 2.45) is 0 Å². The molecule has 1 aromatic heterocycles. The summed E-state index contributed by atoms with van der Waals surface area (Å²) in [4.78, 5) is 25.2. The number of rotatable bonds is 6. The Hall–Kier alpha value is -3.77. The van der Waals surface area contributed by atoms with Crippen LogP contribution < -0.4 is 21.0 Å². The zero-order chi connectivity index (χ0) is 20.9. The van der Waals surface area contributed by atoms with Crippen molar-refractivity contribution < 1.29 is 13.9 Å². The van der Waals surface area contributed by atoms with Crippen LogP contribution in [0.4, 0.5) is 5.69 Å². The average Bonchev–Trinajstić information content (AvgIpc) is 2.78. The molecule has 0 atom stereocenters. The molecule has 1 amide bonds. The van der Waals surface area contributed by atoms with Crippen LogP contribution in [0, 0.1) is 0 Å². The second kappa shape index (κ2) is 8.71. The Morgan fingerprint density at radius 3 is 2.40 bits per heavy atom. The van der Waals surface area contributed by atoms with E-state index in [-0.39, 0.29) is 23.5 Å². The van der Waals surface area contributed by atoms with Crippen molar-refractivity contribution in [2.75, 3.05) is 12.0 Å². The lowest BCUT2D eigenvalue weighted by atomic mass is 10.1. The Kier molecular flexibility index (Phi) is 5.68. The zero-order valence-electron chi connectivity index (χ0n) is 15.7. The lowest BCUT2D eigenvalue weighted by Gasteiger charge is -2.12. The Morgan fingerprint density at radius 1 is 0.933 bits per heavy atom. The Labute approximate surface area is 177 Å². The molecule has 0 radical (unpaired) electrons. The van der Waals surface area contributed by atoms with Gasteiger partial charge in [0.05, 0.1) is 11.1 Å². The zero-order valence-corrected chi connectivity index (χ0v) is 16.5. The summed E-state index contributed by atoms with van der Waals surface area (Å²) in [5, 5.41) is 0.971. The van der Waals surface area contributed by atoms with Gasteiger partial charge in [0.1, 0.15) is 5.58 Å². The van der Waals surface area contributed by atoms with Gasteiger partial charge in [-0.05, 0) is 36.4 Å². The number of nitrogens with one attached hydrogen (secondary N) is 2.